The average Bonchev–Trinajstić information content (AvgIpc) is 2.15. The molecule has 0 saturated carbocycles. The van der Waals surface area contributed by atoms with Crippen LogP contribution in [0.3, 0.4) is 0 Å². The maximum Gasteiger partial charge on any atom is 0.308 e. The first-order chi connectivity index (χ1) is 6.91. The lowest BCUT2D eigenvalue weighted by Gasteiger charge is -2.09. The molecule has 0 aromatic carbocycles. The second-order valence-corrected chi connectivity index (χ2v) is 3.74. The van der Waals surface area contributed by atoms with E-state index < -0.39 is 5.54 Å². The number of ether oxygens (including phenoxy) is 1. The summed E-state index contributed by atoms with van der Waals surface area (Å²) in [6.45, 7) is 7.20. The molecular weight excluding hydrogens is 194 g/mol. The first-order valence-corrected chi connectivity index (χ1v) is 4.90. The minimum atomic E-state index is -0.830. The van der Waals surface area contributed by atoms with Gasteiger partial charge in [-0.2, -0.15) is 15.5 Å². The van der Waals surface area contributed by atoms with Gasteiger partial charge in [0.1, 0.15) is 0 Å². The lowest BCUT2D eigenvalue weighted by molar-refractivity contribution is -0.143. The Morgan fingerprint density at radius 3 is 2.67 bits per heavy atom. The molecule has 0 aliphatic rings. The van der Waals surface area contributed by atoms with E-state index in [2.05, 4.69) is 10.2 Å². The van der Waals surface area contributed by atoms with Crippen LogP contribution in [0.25, 0.3) is 0 Å². The van der Waals surface area contributed by atoms with Gasteiger partial charge < -0.3 is 4.74 Å². The van der Waals surface area contributed by atoms with Crippen LogP contribution < -0.4 is 0 Å². The monoisotopic (exact) mass is 211 g/mol. The Balaban J connectivity index is 4.10. The van der Waals surface area contributed by atoms with Crippen LogP contribution in [0.15, 0.2) is 10.2 Å². The number of carbonyl (C=O) groups excluding carboxylic acids is 1. The molecule has 1 unspecified atom stereocenters. The van der Waals surface area contributed by atoms with Crippen molar-refractivity contribution in [2.24, 2.45) is 10.2 Å². The Labute approximate surface area is 90.1 Å². The van der Waals surface area contributed by atoms with Crippen molar-refractivity contribution < 1.29 is 9.53 Å². The first kappa shape index (κ1) is 13.6. The van der Waals surface area contributed by atoms with Gasteiger partial charge in [-0.3, -0.25) is 4.79 Å². The molecule has 0 aromatic heterocycles. The molecule has 0 aliphatic heterocycles. The van der Waals surface area contributed by atoms with Gasteiger partial charge in [0.05, 0.1) is 25.1 Å². The summed E-state index contributed by atoms with van der Waals surface area (Å²) in [5, 5.41) is 16.4. The van der Waals surface area contributed by atoms with Crippen LogP contribution in [0, 0.1) is 11.3 Å². The third-order valence-electron chi connectivity index (χ3n) is 1.55. The van der Waals surface area contributed by atoms with Crippen LogP contribution in [-0.4, -0.2) is 24.2 Å². The summed E-state index contributed by atoms with van der Waals surface area (Å²) in [5.74, 6) is -0.293. The maximum atomic E-state index is 11.1. The normalized spacial score (nSPS) is 13.5. The van der Waals surface area contributed by atoms with Crippen molar-refractivity contribution in [2.45, 2.75) is 45.7 Å². The van der Waals surface area contributed by atoms with Gasteiger partial charge in [0.15, 0.2) is 5.54 Å². The van der Waals surface area contributed by atoms with Gasteiger partial charge in [-0.25, -0.2) is 0 Å². The highest BCUT2D eigenvalue weighted by Gasteiger charge is 2.16. The lowest BCUT2D eigenvalue weighted by atomic mass is 10.1. The third-order valence-corrected chi connectivity index (χ3v) is 1.55. The van der Waals surface area contributed by atoms with Crippen molar-refractivity contribution in [1.29, 1.82) is 5.26 Å². The minimum absolute atomic E-state index is 0.193. The molecule has 0 N–H and O–H groups in total. The number of hydrogen-bond acceptors (Lipinski definition) is 5. The molecule has 0 rings (SSSR count). The molecule has 0 bridgehead atoms. The van der Waals surface area contributed by atoms with Crippen LogP contribution in [0.2, 0.25) is 0 Å². The predicted molar refractivity (Wildman–Crippen MR) is 55.3 cm³/mol. The van der Waals surface area contributed by atoms with E-state index in [1.807, 2.05) is 6.07 Å². The van der Waals surface area contributed by atoms with Crippen LogP contribution in [0.4, 0.5) is 0 Å². The number of carbonyl (C=O) groups is 1. The van der Waals surface area contributed by atoms with Crippen molar-refractivity contribution in [2.75, 3.05) is 6.61 Å². The molecule has 1 atom stereocenters. The number of nitriles is 1. The van der Waals surface area contributed by atoms with E-state index in [0.29, 0.717) is 6.61 Å². The molecule has 15 heavy (non-hydrogen) atoms. The van der Waals surface area contributed by atoms with Gasteiger partial charge in [0, 0.05) is 0 Å². The van der Waals surface area contributed by atoms with Crippen molar-refractivity contribution in [3.8, 4) is 6.07 Å². The Hall–Kier alpha value is -1.44. The van der Waals surface area contributed by atoms with E-state index in [4.69, 9.17) is 10.00 Å². The van der Waals surface area contributed by atoms with E-state index in [1.165, 1.54) is 0 Å². The fraction of sp³-hybridized carbons (Fsp3) is 0.800. The summed E-state index contributed by atoms with van der Waals surface area (Å²) < 4.78 is 4.77. The van der Waals surface area contributed by atoms with Gasteiger partial charge >= 0.3 is 5.97 Å². The zero-order chi connectivity index (χ0) is 11.9. The topological polar surface area (TPSA) is 74.8 Å². The quantitative estimate of drug-likeness (QED) is 0.516. The van der Waals surface area contributed by atoms with Crippen LogP contribution in [0.5, 0.6) is 0 Å². The molecule has 0 radical (unpaired) electrons. The SMILES string of the molecule is CCOC(=O)CC(C)N=NC(C)(C)C#N. The fourth-order valence-corrected chi connectivity index (χ4v) is 0.767. The zero-order valence-corrected chi connectivity index (χ0v) is 9.65. The number of hydrogen-bond donors (Lipinski definition) is 0. The van der Waals surface area contributed by atoms with Crippen molar-refractivity contribution in [3.63, 3.8) is 0 Å². The number of esters is 1. The molecule has 0 saturated heterocycles. The van der Waals surface area contributed by atoms with Crippen LogP contribution in [-0.2, 0) is 9.53 Å². The molecule has 0 spiro atoms. The Morgan fingerprint density at radius 2 is 2.20 bits per heavy atom. The van der Waals surface area contributed by atoms with Crippen LogP contribution >= 0.6 is 0 Å². The lowest BCUT2D eigenvalue weighted by Crippen LogP contribution is -2.15. The molecule has 0 aliphatic carbocycles. The Morgan fingerprint density at radius 1 is 1.60 bits per heavy atom. The average molecular weight is 211 g/mol. The fourth-order valence-electron chi connectivity index (χ4n) is 0.767. The van der Waals surface area contributed by atoms with Gasteiger partial charge in [-0.05, 0) is 27.7 Å². The maximum absolute atomic E-state index is 11.1. The van der Waals surface area contributed by atoms with Gasteiger partial charge in [0.2, 0.25) is 0 Å². The highest BCUT2D eigenvalue weighted by molar-refractivity contribution is 5.69. The molecule has 0 heterocycles. The second kappa shape index (κ2) is 6.12. The largest absolute Gasteiger partial charge is 0.466 e. The molecule has 5 heteroatoms. The van der Waals surface area contributed by atoms with Gasteiger partial charge in [-0.1, -0.05) is 0 Å². The van der Waals surface area contributed by atoms with Crippen molar-refractivity contribution in [3.05, 3.63) is 0 Å². The van der Waals surface area contributed by atoms with Crippen LogP contribution in [0.1, 0.15) is 34.1 Å². The van der Waals surface area contributed by atoms with E-state index >= 15 is 0 Å². The number of nitrogens with zero attached hydrogens (tertiary/aromatic N) is 3. The minimum Gasteiger partial charge on any atom is -0.466 e. The summed E-state index contributed by atoms with van der Waals surface area (Å²) in [7, 11) is 0. The highest BCUT2D eigenvalue weighted by Crippen LogP contribution is 2.09. The Kier molecular flexibility index (Phi) is 5.53. The smallest absolute Gasteiger partial charge is 0.308 e. The van der Waals surface area contributed by atoms with Crippen molar-refractivity contribution >= 4 is 5.97 Å². The molecular formula is C10H17N3O2. The summed E-state index contributed by atoms with van der Waals surface area (Å²) in [6.07, 6.45) is 0.193. The van der Waals surface area contributed by atoms with Gasteiger partial charge in [0.25, 0.3) is 0 Å². The number of rotatable bonds is 5. The number of azo groups is 1. The molecule has 0 aromatic rings. The summed E-state index contributed by atoms with van der Waals surface area (Å²) >= 11 is 0. The van der Waals surface area contributed by atoms with Crippen molar-refractivity contribution in [1.82, 2.24) is 0 Å². The standard InChI is InChI=1S/C10H17N3O2/c1-5-15-9(14)6-8(2)12-13-10(3,4)7-11/h8H,5-6H2,1-4H3. The van der Waals surface area contributed by atoms with E-state index in [9.17, 15) is 4.79 Å². The van der Waals surface area contributed by atoms with Gasteiger partial charge in [-0.15, -0.1) is 0 Å². The molecule has 5 nitrogen and oxygen atoms in total. The summed E-state index contributed by atoms with van der Waals surface area (Å²) in [5.41, 5.74) is -0.830. The van der Waals surface area contributed by atoms with E-state index in [0.717, 1.165) is 0 Å². The molecule has 0 amide bonds. The second-order valence-electron chi connectivity index (χ2n) is 3.74. The Bertz CT molecular complexity index is 279. The third kappa shape index (κ3) is 6.61. The summed E-state index contributed by atoms with van der Waals surface area (Å²) in [4.78, 5) is 11.1. The van der Waals surface area contributed by atoms with E-state index in [1.54, 1.807) is 27.7 Å². The first-order valence-electron chi connectivity index (χ1n) is 4.90. The highest BCUT2D eigenvalue weighted by atomic mass is 16.5. The predicted octanol–water partition coefficient (Wildman–Crippen LogP) is 2.08. The van der Waals surface area contributed by atoms with E-state index in [-0.39, 0.29) is 18.4 Å². The molecule has 0 fully saturated rings. The summed E-state index contributed by atoms with van der Waals surface area (Å²) in [6, 6.07) is 1.75. The molecule has 84 valence electrons. The zero-order valence-electron chi connectivity index (χ0n) is 9.65.